The van der Waals surface area contributed by atoms with Crippen LogP contribution in [0.1, 0.15) is 39.5 Å². The smallest absolute Gasteiger partial charge is 0.417 e. The summed E-state index contributed by atoms with van der Waals surface area (Å²) >= 11 is 17.5. The normalized spacial score (nSPS) is 16.3. The van der Waals surface area contributed by atoms with E-state index in [4.69, 9.17) is 39.9 Å². The molecule has 1 atom stereocenters. The molecule has 0 bridgehead atoms. The van der Waals surface area contributed by atoms with Gasteiger partial charge in [0.25, 0.3) is 0 Å². The van der Waals surface area contributed by atoms with E-state index in [2.05, 4.69) is 5.32 Å². The van der Waals surface area contributed by atoms with Gasteiger partial charge >= 0.3 is 12.3 Å². The van der Waals surface area contributed by atoms with Crippen LogP contribution in [0, 0.1) is 0 Å². The summed E-state index contributed by atoms with van der Waals surface area (Å²) in [7, 11) is 0. The van der Waals surface area contributed by atoms with E-state index in [1.807, 2.05) is 0 Å². The van der Waals surface area contributed by atoms with Gasteiger partial charge in [0.05, 0.1) is 26.7 Å². The number of alkyl halides is 3. The Morgan fingerprint density at radius 3 is 2.27 bits per heavy atom. The lowest BCUT2D eigenvalue weighted by Gasteiger charge is -2.14. The highest BCUT2D eigenvalue weighted by molar-refractivity contribution is 6.48. The van der Waals surface area contributed by atoms with E-state index in [0.717, 1.165) is 12.1 Å². The molecule has 2 aromatic rings. The average molecular weight is 479 g/mol. The van der Waals surface area contributed by atoms with Crippen LogP contribution in [0.25, 0.3) is 5.57 Å². The molecule has 30 heavy (non-hydrogen) atoms. The number of hydrogen-bond donors (Lipinski definition) is 2. The van der Waals surface area contributed by atoms with Crippen molar-refractivity contribution < 1.29 is 27.9 Å². The van der Waals surface area contributed by atoms with Crippen LogP contribution in [-0.2, 0) is 6.42 Å². The number of allylic oxidation sites excluding steroid dienone is 2. The second kappa shape index (κ2) is 8.49. The van der Waals surface area contributed by atoms with Crippen LogP contribution in [0.3, 0.4) is 0 Å². The van der Waals surface area contributed by atoms with Crippen molar-refractivity contribution in [1.29, 1.82) is 0 Å². The maximum absolute atomic E-state index is 13.6. The van der Waals surface area contributed by atoms with Crippen LogP contribution >= 0.6 is 34.8 Å². The van der Waals surface area contributed by atoms with E-state index < -0.39 is 29.7 Å². The minimum atomic E-state index is -4.84. The van der Waals surface area contributed by atoms with E-state index in [1.165, 1.54) is 12.1 Å². The summed E-state index contributed by atoms with van der Waals surface area (Å²) in [5.41, 5.74) is -0.136. The number of hydrogen-bond acceptors (Lipinski definition) is 2. The number of benzene rings is 2. The topological polar surface area (TPSA) is 66.4 Å². The number of carboxylic acid groups (broad SMARTS) is 1. The summed E-state index contributed by atoms with van der Waals surface area (Å²) in [5.74, 6) is -0.859. The minimum Gasteiger partial charge on any atom is -0.465 e. The van der Waals surface area contributed by atoms with E-state index >= 15 is 0 Å². The lowest BCUT2D eigenvalue weighted by Crippen LogP contribution is -2.24. The first-order valence-electron chi connectivity index (χ1n) is 8.57. The molecule has 1 unspecified atom stereocenters. The summed E-state index contributed by atoms with van der Waals surface area (Å²) in [6.45, 7) is 0. The number of fused-ring (bicyclic) bond motifs is 1. The van der Waals surface area contributed by atoms with Gasteiger partial charge in [-0.05, 0) is 53.8 Å². The number of nitrogens with one attached hydrogen (secondary N) is 1. The van der Waals surface area contributed by atoms with E-state index in [0.29, 0.717) is 30.0 Å². The Kier molecular flexibility index (Phi) is 6.36. The van der Waals surface area contributed by atoms with Crippen molar-refractivity contribution >= 4 is 52.3 Å². The van der Waals surface area contributed by atoms with E-state index in [9.17, 15) is 22.8 Å². The minimum absolute atomic E-state index is 0.0534. The number of rotatable bonds is 4. The number of halogens is 6. The zero-order valence-electron chi connectivity index (χ0n) is 15.0. The van der Waals surface area contributed by atoms with Crippen LogP contribution < -0.4 is 5.32 Å². The van der Waals surface area contributed by atoms with E-state index in [1.54, 1.807) is 6.07 Å². The first-order valence-corrected chi connectivity index (χ1v) is 9.71. The van der Waals surface area contributed by atoms with Gasteiger partial charge in [0.1, 0.15) is 0 Å². The highest BCUT2D eigenvalue weighted by Gasteiger charge is 2.36. The Morgan fingerprint density at radius 2 is 1.70 bits per heavy atom. The van der Waals surface area contributed by atoms with Gasteiger partial charge in [-0.3, -0.25) is 4.79 Å². The van der Waals surface area contributed by atoms with Gasteiger partial charge in [-0.2, -0.15) is 13.2 Å². The molecule has 2 aromatic carbocycles. The number of aryl methyl sites for hydroxylation is 1. The van der Waals surface area contributed by atoms with Crippen molar-refractivity contribution in [2.24, 2.45) is 0 Å². The van der Waals surface area contributed by atoms with Gasteiger partial charge in [-0.15, -0.1) is 0 Å². The van der Waals surface area contributed by atoms with Gasteiger partial charge < -0.3 is 10.4 Å². The molecule has 0 spiro atoms. The molecular weight excluding hydrogens is 466 g/mol. The monoisotopic (exact) mass is 477 g/mol. The number of carbonyl (C=O) groups is 2. The Morgan fingerprint density at radius 1 is 1.07 bits per heavy atom. The zero-order valence-corrected chi connectivity index (χ0v) is 17.3. The van der Waals surface area contributed by atoms with Gasteiger partial charge in [-0.1, -0.05) is 46.9 Å². The highest BCUT2D eigenvalue weighted by atomic mass is 35.5. The third kappa shape index (κ3) is 4.74. The Bertz CT molecular complexity index is 1040. The number of ketones is 1. The average Bonchev–Trinajstić information content (AvgIpc) is 3.04. The Balaban J connectivity index is 1.98. The summed E-state index contributed by atoms with van der Waals surface area (Å²) in [4.78, 5) is 23.4. The molecule has 2 N–H and O–H groups in total. The maximum Gasteiger partial charge on any atom is 0.417 e. The van der Waals surface area contributed by atoms with Crippen molar-refractivity contribution in [3.63, 3.8) is 0 Å². The predicted molar refractivity (Wildman–Crippen MR) is 108 cm³/mol. The highest BCUT2D eigenvalue weighted by Crippen LogP contribution is 2.40. The third-order valence-corrected chi connectivity index (χ3v) is 5.88. The molecular formula is C20H13Cl3F3NO3. The van der Waals surface area contributed by atoms with Crippen LogP contribution in [0.4, 0.5) is 18.0 Å². The lowest BCUT2D eigenvalue weighted by atomic mass is 9.98. The molecule has 0 radical (unpaired) electrons. The molecule has 0 aliphatic heterocycles. The van der Waals surface area contributed by atoms with Crippen LogP contribution in [-0.4, -0.2) is 23.2 Å². The van der Waals surface area contributed by atoms with Gasteiger partial charge in [0, 0.05) is 5.56 Å². The summed E-state index contributed by atoms with van der Waals surface area (Å²) in [6.07, 6.45) is -4.53. The SMILES string of the molecule is O=C(O)NC1CCc2cc(C(=O)C=C(c3cc(Cl)c(Cl)c(Cl)c3)C(F)(F)F)ccc21. The predicted octanol–water partition coefficient (Wildman–Crippen LogP) is 6.73. The lowest BCUT2D eigenvalue weighted by molar-refractivity contribution is -0.0689. The fourth-order valence-corrected chi connectivity index (χ4v) is 3.92. The van der Waals surface area contributed by atoms with Crippen molar-refractivity contribution in [2.75, 3.05) is 0 Å². The largest absolute Gasteiger partial charge is 0.465 e. The fourth-order valence-electron chi connectivity index (χ4n) is 3.32. The first-order chi connectivity index (χ1) is 14.0. The van der Waals surface area contributed by atoms with Crippen LogP contribution in [0.15, 0.2) is 36.4 Å². The number of carbonyl (C=O) groups excluding carboxylic acids is 1. The summed E-state index contributed by atoms with van der Waals surface area (Å²) in [6, 6.07) is 5.97. The third-order valence-electron chi connectivity index (χ3n) is 4.68. The molecule has 3 rings (SSSR count). The molecule has 1 aliphatic carbocycles. The van der Waals surface area contributed by atoms with Gasteiger partial charge in [0.15, 0.2) is 5.78 Å². The molecule has 1 amide bonds. The van der Waals surface area contributed by atoms with Gasteiger partial charge in [0.2, 0.25) is 0 Å². The van der Waals surface area contributed by atoms with Crippen LogP contribution in [0.5, 0.6) is 0 Å². The molecule has 0 fully saturated rings. The fraction of sp³-hybridized carbons (Fsp3) is 0.200. The summed E-state index contributed by atoms with van der Waals surface area (Å²) in [5, 5.41) is 10.8. The van der Waals surface area contributed by atoms with Crippen molar-refractivity contribution in [3.05, 3.63) is 73.7 Å². The molecule has 158 valence electrons. The van der Waals surface area contributed by atoms with Crippen molar-refractivity contribution in [1.82, 2.24) is 5.32 Å². The second-order valence-electron chi connectivity index (χ2n) is 6.63. The number of amides is 1. The quantitative estimate of drug-likeness (QED) is 0.291. The van der Waals surface area contributed by atoms with Crippen LogP contribution in [0.2, 0.25) is 15.1 Å². The molecule has 4 nitrogen and oxygen atoms in total. The van der Waals surface area contributed by atoms with Gasteiger partial charge in [-0.25, -0.2) is 4.79 Å². The summed E-state index contributed by atoms with van der Waals surface area (Å²) < 4.78 is 40.9. The molecule has 0 aromatic heterocycles. The Labute approximate surface area is 184 Å². The zero-order chi connectivity index (χ0) is 22.2. The Hall–Kier alpha value is -2.22. The molecule has 0 saturated carbocycles. The first kappa shape index (κ1) is 22.5. The second-order valence-corrected chi connectivity index (χ2v) is 7.82. The molecule has 1 aliphatic rings. The molecule has 0 heterocycles. The maximum atomic E-state index is 13.6. The van der Waals surface area contributed by atoms with Crippen molar-refractivity contribution in [3.8, 4) is 0 Å². The molecule has 0 saturated heterocycles. The van der Waals surface area contributed by atoms with E-state index in [-0.39, 0.29) is 26.2 Å². The standard InChI is InChI=1S/C20H13Cl3F3NO3/c21-14-6-11(7-15(22)18(14)23)13(20(24,25)26)8-17(28)10-1-3-12-9(5-10)2-4-16(12)27-19(29)30/h1,3,5-8,16,27H,2,4H2,(H,29,30). The molecule has 10 heteroatoms. The van der Waals surface area contributed by atoms with Crippen molar-refractivity contribution in [2.45, 2.75) is 25.1 Å².